The van der Waals surface area contributed by atoms with Gasteiger partial charge in [0.15, 0.2) is 5.65 Å². The molecule has 11 nitrogen and oxygen atoms in total. The van der Waals surface area contributed by atoms with Crippen LogP contribution >= 0.6 is 0 Å². The Labute approximate surface area is 259 Å². The molecule has 2 saturated heterocycles. The van der Waals surface area contributed by atoms with E-state index in [4.69, 9.17) is 14.5 Å². The van der Waals surface area contributed by atoms with Crippen molar-refractivity contribution in [3.8, 4) is 0 Å². The van der Waals surface area contributed by atoms with E-state index >= 15 is 0 Å². The van der Waals surface area contributed by atoms with Gasteiger partial charge in [-0.2, -0.15) is 5.10 Å². The van der Waals surface area contributed by atoms with E-state index in [0.717, 1.165) is 17.8 Å². The fraction of sp³-hybridized carbons (Fsp3) is 0.375. The van der Waals surface area contributed by atoms with Crippen molar-refractivity contribution in [3.05, 3.63) is 83.7 Å². The summed E-state index contributed by atoms with van der Waals surface area (Å²) in [5.74, 6) is -0.964. The monoisotopic (exact) mass is 619 g/mol. The molecule has 0 radical (unpaired) electrons. The second-order valence-corrected chi connectivity index (χ2v) is 12.0. The van der Waals surface area contributed by atoms with Gasteiger partial charge in [0, 0.05) is 55.9 Å². The molecule has 236 valence electrons. The van der Waals surface area contributed by atoms with Crippen LogP contribution in [0.2, 0.25) is 0 Å². The summed E-state index contributed by atoms with van der Waals surface area (Å²) in [6.45, 7) is 8.95. The Morgan fingerprint density at radius 1 is 1.00 bits per heavy atom. The molecule has 45 heavy (non-hydrogen) atoms. The number of fused-ring (bicyclic) bond motifs is 1. The van der Waals surface area contributed by atoms with Gasteiger partial charge in [-0.1, -0.05) is 0 Å². The number of piperazine rings is 1. The molecule has 2 amide bonds. The number of hydrogen-bond donors (Lipinski definition) is 1. The maximum atomic E-state index is 14.7. The van der Waals surface area contributed by atoms with Gasteiger partial charge in [0.1, 0.15) is 28.6 Å². The molecule has 1 unspecified atom stereocenters. The minimum atomic E-state index is -0.594. The van der Waals surface area contributed by atoms with E-state index in [2.05, 4.69) is 15.3 Å². The quantitative estimate of drug-likeness (QED) is 0.337. The lowest BCUT2D eigenvalue weighted by molar-refractivity contribution is 0.0240. The summed E-state index contributed by atoms with van der Waals surface area (Å²) >= 11 is 0. The van der Waals surface area contributed by atoms with Crippen molar-refractivity contribution in [2.45, 2.75) is 32.4 Å². The molecule has 1 N–H and O–H groups in total. The highest BCUT2D eigenvalue weighted by Gasteiger charge is 2.30. The number of hydrogen-bond acceptors (Lipinski definition) is 8. The van der Waals surface area contributed by atoms with Crippen LogP contribution in [0.25, 0.3) is 5.65 Å². The Morgan fingerprint density at radius 2 is 1.76 bits per heavy atom. The first kappa shape index (κ1) is 30.3. The second kappa shape index (κ2) is 12.3. The number of anilines is 3. The summed E-state index contributed by atoms with van der Waals surface area (Å²) in [7, 11) is 0. The maximum absolute atomic E-state index is 14.7. The fourth-order valence-electron chi connectivity index (χ4n) is 5.51. The molecule has 0 bridgehead atoms. The van der Waals surface area contributed by atoms with Crippen LogP contribution in [0.1, 0.15) is 42.7 Å². The molecule has 6 rings (SSSR count). The molecule has 4 heterocycles. The number of rotatable bonds is 5. The van der Waals surface area contributed by atoms with E-state index in [0.29, 0.717) is 56.5 Å². The number of halogens is 2. The van der Waals surface area contributed by atoms with Gasteiger partial charge in [-0.15, -0.1) is 0 Å². The molecule has 2 aromatic heterocycles. The molecule has 0 spiro atoms. The van der Waals surface area contributed by atoms with E-state index in [1.807, 2.05) is 49.9 Å². The highest BCUT2D eigenvalue weighted by Crippen LogP contribution is 2.31. The zero-order chi connectivity index (χ0) is 31.7. The topological polar surface area (TPSA) is 105 Å². The molecule has 2 fully saturated rings. The van der Waals surface area contributed by atoms with Crippen LogP contribution in [-0.2, 0) is 9.47 Å². The molecule has 0 aliphatic carbocycles. The van der Waals surface area contributed by atoms with Crippen molar-refractivity contribution in [2.24, 2.45) is 0 Å². The molecule has 0 saturated carbocycles. The Kier molecular flexibility index (Phi) is 8.28. The van der Waals surface area contributed by atoms with Crippen LogP contribution in [0.4, 0.5) is 30.8 Å². The van der Waals surface area contributed by atoms with E-state index in [1.165, 1.54) is 16.8 Å². The minimum absolute atomic E-state index is 0.162. The van der Waals surface area contributed by atoms with Crippen LogP contribution in [-0.4, -0.2) is 83.0 Å². The predicted octanol–water partition coefficient (Wildman–Crippen LogP) is 4.89. The number of carbonyl (C=O) groups is 2. The Morgan fingerprint density at radius 3 is 2.49 bits per heavy atom. The molecular formula is C32H35F2N7O4. The molecular weight excluding hydrogens is 584 g/mol. The average Bonchev–Trinajstić information content (AvgIpc) is 3.45. The van der Waals surface area contributed by atoms with Crippen molar-refractivity contribution in [1.82, 2.24) is 19.5 Å². The van der Waals surface area contributed by atoms with Gasteiger partial charge in [-0.3, -0.25) is 4.79 Å². The summed E-state index contributed by atoms with van der Waals surface area (Å²) in [4.78, 5) is 36.2. The van der Waals surface area contributed by atoms with Gasteiger partial charge in [0.2, 0.25) is 0 Å². The highest BCUT2D eigenvalue weighted by molar-refractivity contribution is 6.08. The summed E-state index contributed by atoms with van der Waals surface area (Å²) in [6, 6.07) is 12.0. The van der Waals surface area contributed by atoms with Gasteiger partial charge in [0.25, 0.3) is 5.91 Å². The van der Waals surface area contributed by atoms with Crippen LogP contribution in [0.5, 0.6) is 0 Å². The van der Waals surface area contributed by atoms with Crippen LogP contribution in [0.15, 0.2) is 60.9 Å². The van der Waals surface area contributed by atoms with Crippen molar-refractivity contribution >= 4 is 34.8 Å². The number of amides is 2. The van der Waals surface area contributed by atoms with Crippen molar-refractivity contribution in [3.63, 3.8) is 0 Å². The van der Waals surface area contributed by atoms with Gasteiger partial charge >= 0.3 is 6.09 Å². The van der Waals surface area contributed by atoms with Crippen LogP contribution < -0.4 is 15.1 Å². The molecule has 4 aromatic rings. The first-order chi connectivity index (χ1) is 21.6. The number of nitrogens with one attached hydrogen (secondary N) is 1. The maximum Gasteiger partial charge on any atom is 0.410 e. The number of aromatic nitrogens is 3. The first-order valence-electron chi connectivity index (χ1n) is 14.8. The Bertz CT molecular complexity index is 1700. The molecule has 2 aromatic carbocycles. The standard InChI is InChI=1S/C32H35F2N7O4/c1-32(2,3)45-31(43)39-14-12-38(13-15-39)23-7-5-22(6-8-23)36-30(42)25-19-35-41-11-10-28(37-29(25)41)40-16-17-44-20-27(40)24-18-21(33)4-9-26(24)34/h4-11,18-19,27H,12-17,20H2,1-3H3,(H,36,42). The summed E-state index contributed by atoms with van der Waals surface area (Å²) in [5.41, 5.74) is 1.81. The minimum Gasteiger partial charge on any atom is -0.444 e. The van der Waals surface area contributed by atoms with E-state index in [1.54, 1.807) is 17.2 Å². The average molecular weight is 620 g/mol. The summed E-state index contributed by atoms with van der Waals surface area (Å²) < 4.78 is 41.3. The SMILES string of the molecule is CC(C)(C)OC(=O)N1CCN(c2ccc(NC(=O)c3cnn4ccc(N5CCOCC5c5cc(F)ccc5F)nc34)cc2)CC1. The van der Waals surface area contributed by atoms with E-state index in [-0.39, 0.29) is 29.7 Å². The number of carbonyl (C=O) groups excluding carboxylic acids is 2. The van der Waals surface area contributed by atoms with Gasteiger partial charge in [0.05, 0.1) is 25.5 Å². The van der Waals surface area contributed by atoms with Crippen molar-refractivity contribution in [2.75, 3.05) is 61.1 Å². The summed E-state index contributed by atoms with van der Waals surface area (Å²) in [5, 5.41) is 7.19. The van der Waals surface area contributed by atoms with Gasteiger partial charge in [-0.25, -0.2) is 23.1 Å². The van der Waals surface area contributed by atoms with Crippen molar-refractivity contribution in [1.29, 1.82) is 0 Å². The Balaban J connectivity index is 1.14. The fourth-order valence-corrected chi connectivity index (χ4v) is 5.51. The number of ether oxygens (including phenoxy) is 2. The molecule has 13 heteroatoms. The Hall–Kier alpha value is -4.78. The van der Waals surface area contributed by atoms with Crippen LogP contribution in [0.3, 0.4) is 0 Å². The lowest BCUT2D eigenvalue weighted by atomic mass is 10.0. The number of benzene rings is 2. The third-order valence-corrected chi connectivity index (χ3v) is 7.76. The molecule has 1 atom stereocenters. The smallest absolute Gasteiger partial charge is 0.410 e. The van der Waals surface area contributed by atoms with Gasteiger partial charge in [-0.05, 0) is 69.3 Å². The van der Waals surface area contributed by atoms with Crippen molar-refractivity contribution < 1.29 is 27.8 Å². The molecule has 2 aliphatic heterocycles. The highest BCUT2D eigenvalue weighted by atomic mass is 19.1. The zero-order valence-electron chi connectivity index (χ0n) is 25.4. The normalized spacial score (nSPS) is 17.4. The summed E-state index contributed by atoms with van der Waals surface area (Å²) in [6.07, 6.45) is 2.82. The van der Waals surface area contributed by atoms with E-state index in [9.17, 15) is 18.4 Å². The first-order valence-corrected chi connectivity index (χ1v) is 14.8. The lowest BCUT2D eigenvalue weighted by Crippen LogP contribution is -2.50. The number of nitrogens with zero attached hydrogens (tertiary/aromatic N) is 6. The molecule has 2 aliphatic rings. The second-order valence-electron chi connectivity index (χ2n) is 12.0. The van der Waals surface area contributed by atoms with E-state index < -0.39 is 23.3 Å². The third kappa shape index (κ3) is 6.68. The van der Waals surface area contributed by atoms with Gasteiger partial charge < -0.3 is 29.5 Å². The predicted molar refractivity (Wildman–Crippen MR) is 165 cm³/mol. The third-order valence-electron chi connectivity index (χ3n) is 7.76. The number of morpholine rings is 1. The lowest BCUT2D eigenvalue weighted by Gasteiger charge is -2.37. The largest absolute Gasteiger partial charge is 0.444 e. The van der Waals surface area contributed by atoms with Crippen LogP contribution in [0, 0.1) is 11.6 Å². The zero-order valence-corrected chi connectivity index (χ0v) is 25.4.